The Bertz CT molecular complexity index is 596. The third-order valence-corrected chi connectivity index (χ3v) is 3.19. The molecule has 0 amide bonds. The third-order valence-electron chi connectivity index (χ3n) is 3.19. The van der Waals surface area contributed by atoms with Gasteiger partial charge in [-0.05, 0) is 49.2 Å². The van der Waals surface area contributed by atoms with Crippen molar-refractivity contribution in [3.63, 3.8) is 0 Å². The van der Waals surface area contributed by atoms with Crippen molar-refractivity contribution in [3.8, 4) is 11.5 Å². The van der Waals surface area contributed by atoms with Crippen LogP contribution >= 0.6 is 0 Å². The molecule has 2 aromatic rings. The lowest BCUT2D eigenvalue weighted by Crippen LogP contribution is -2.11. The van der Waals surface area contributed by atoms with Crippen LogP contribution in [-0.2, 0) is 6.54 Å². The van der Waals surface area contributed by atoms with Gasteiger partial charge in [-0.3, -0.25) is 0 Å². The molecule has 106 valence electrons. The van der Waals surface area contributed by atoms with Crippen LogP contribution in [-0.4, -0.2) is 6.54 Å². The molecule has 2 aromatic carbocycles. The summed E-state index contributed by atoms with van der Waals surface area (Å²) in [6.07, 6.45) is 0. The van der Waals surface area contributed by atoms with E-state index in [0.29, 0.717) is 11.3 Å². The lowest BCUT2D eigenvalue weighted by molar-refractivity contribution is 0.437. The first-order valence-electron chi connectivity index (χ1n) is 6.85. The Morgan fingerprint density at radius 2 is 1.85 bits per heavy atom. The molecule has 0 heterocycles. The fourth-order valence-corrected chi connectivity index (χ4v) is 2.02. The molecule has 0 bridgehead atoms. The van der Waals surface area contributed by atoms with Crippen molar-refractivity contribution in [2.75, 3.05) is 6.54 Å². The first-order valence-corrected chi connectivity index (χ1v) is 6.85. The van der Waals surface area contributed by atoms with Gasteiger partial charge in [0, 0.05) is 6.54 Å². The molecular formula is C17H20FNO. The number of rotatable bonds is 5. The van der Waals surface area contributed by atoms with Gasteiger partial charge < -0.3 is 10.1 Å². The summed E-state index contributed by atoms with van der Waals surface area (Å²) >= 11 is 0. The van der Waals surface area contributed by atoms with Crippen molar-refractivity contribution >= 4 is 0 Å². The van der Waals surface area contributed by atoms with Gasteiger partial charge in [-0.15, -0.1) is 0 Å². The van der Waals surface area contributed by atoms with Crippen molar-refractivity contribution in [1.82, 2.24) is 5.32 Å². The summed E-state index contributed by atoms with van der Waals surface area (Å²) in [6.45, 7) is 7.54. The maximum atomic E-state index is 13.9. The molecule has 0 spiro atoms. The number of benzene rings is 2. The molecule has 0 saturated carbocycles. The van der Waals surface area contributed by atoms with Gasteiger partial charge in [0.05, 0.1) is 0 Å². The van der Waals surface area contributed by atoms with E-state index in [9.17, 15) is 4.39 Å². The quantitative estimate of drug-likeness (QED) is 0.874. The highest BCUT2D eigenvalue weighted by atomic mass is 19.1. The zero-order chi connectivity index (χ0) is 14.5. The highest BCUT2D eigenvalue weighted by molar-refractivity contribution is 5.41. The van der Waals surface area contributed by atoms with Crippen LogP contribution in [0.5, 0.6) is 11.5 Å². The Hall–Kier alpha value is -1.87. The van der Waals surface area contributed by atoms with Crippen LogP contribution in [0.4, 0.5) is 4.39 Å². The van der Waals surface area contributed by atoms with E-state index in [1.807, 2.05) is 19.1 Å². The maximum absolute atomic E-state index is 13.9. The number of nitrogens with one attached hydrogen (secondary N) is 1. The molecule has 0 atom stereocenters. The fourth-order valence-electron chi connectivity index (χ4n) is 2.02. The second-order valence-electron chi connectivity index (χ2n) is 4.87. The van der Waals surface area contributed by atoms with Crippen molar-refractivity contribution in [2.24, 2.45) is 0 Å². The summed E-state index contributed by atoms with van der Waals surface area (Å²) in [5.41, 5.74) is 2.78. The number of ether oxygens (including phenoxy) is 1. The van der Waals surface area contributed by atoms with Crippen LogP contribution in [0.25, 0.3) is 0 Å². The van der Waals surface area contributed by atoms with Gasteiger partial charge in [-0.1, -0.05) is 31.2 Å². The Labute approximate surface area is 119 Å². The second-order valence-corrected chi connectivity index (χ2v) is 4.87. The van der Waals surface area contributed by atoms with Crippen molar-refractivity contribution < 1.29 is 9.13 Å². The van der Waals surface area contributed by atoms with E-state index in [0.717, 1.165) is 18.7 Å². The molecule has 0 fully saturated rings. The van der Waals surface area contributed by atoms with Crippen LogP contribution in [0.3, 0.4) is 0 Å². The van der Waals surface area contributed by atoms with Crippen LogP contribution in [0.1, 0.15) is 23.6 Å². The molecule has 0 unspecified atom stereocenters. The van der Waals surface area contributed by atoms with E-state index in [2.05, 4.69) is 18.3 Å². The Morgan fingerprint density at radius 3 is 2.55 bits per heavy atom. The summed E-state index contributed by atoms with van der Waals surface area (Å²) in [5, 5.41) is 3.28. The molecular weight excluding hydrogens is 253 g/mol. The molecule has 2 nitrogen and oxygen atoms in total. The van der Waals surface area contributed by atoms with Crippen molar-refractivity contribution in [3.05, 3.63) is 58.9 Å². The molecule has 0 saturated heterocycles. The molecule has 1 N–H and O–H groups in total. The van der Waals surface area contributed by atoms with Gasteiger partial charge in [-0.2, -0.15) is 0 Å². The predicted octanol–water partition coefficient (Wildman–Crippen LogP) is 4.34. The molecule has 3 heteroatoms. The van der Waals surface area contributed by atoms with Gasteiger partial charge >= 0.3 is 0 Å². The summed E-state index contributed by atoms with van der Waals surface area (Å²) < 4.78 is 19.6. The molecule has 0 aromatic heterocycles. The molecule has 2 rings (SSSR count). The summed E-state index contributed by atoms with van der Waals surface area (Å²) in [7, 11) is 0. The maximum Gasteiger partial charge on any atom is 0.168 e. The summed E-state index contributed by atoms with van der Waals surface area (Å²) in [4.78, 5) is 0. The smallest absolute Gasteiger partial charge is 0.168 e. The fraction of sp³-hybridized carbons (Fsp3) is 0.294. The van der Waals surface area contributed by atoms with Crippen molar-refractivity contribution in [1.29, 1.82) is 0 Å². The molecule has 0 radical (unpaired) electrons. The summed E-state index contributed by atoms with van der Waals surface area (Å²) in [5.74, 6) is 0.658. The average molecular weight is 273 g/mol. The van der Waals surface area contributed by atoms with Gasteiger partial charge in [0.1, 0.15) is 5.75 Å². The molecule has 0 aliphatic heterocycles. The highest BCUT2D eigenvalue weighted by Crippen LogP contribution is 2.28. The van der Waals surface area contributed by atoms with Crippen LogP contribution < -0.4 is 10.1 Å². The Balaban J connectivity index is 2.19. The van der Waals surface area contributed by atoms with Crippen molar-refractivity contribution in [2.45, 2.75) is 27.3 Å². The highest BCUT2D eigenvalue weighted by Gasteiger charge is 2.09. The van der Waals surface area contributed by atoms with Crippen LogP contribution in [0.15, 0.2) is 36.4 Å². The van der Waals surface area contributed by atoms with Crippen LogP contribution in [0.2, 0.25) is 0 Å². The lowest BCUT2D eigenvalue weighted by atomic mass is 10.1. The largest absolute Gasteiger partial charge is 0.454 e. The monoisotopic (exact) mass is 273 g/mol. The molecule has 20 heavy (non-hydrogen) atoms. The minimum atomic E-state index is -0.302. The minimum Gasteiger partial charge on any atom is -0.454 e. The van der Waals surface area contributed by atoms with Gasteiger partial charge in [0.15, 0.2) is 11.6 Å². The predicted molar refractivity (Wildman–Crippen MR) is 79.8 cm³/mol. The topological polar surface area (TPSA) is 21.3 Å². The van der Waals surface area contributed by atoms with E-state index in [1.165, 1.54) is 5.56 Å². The summed E-state index contributed by atoms with van der Waals surface area (Å²) in [6, 6.07) is 11.1. The number of hydrogen-bond donors (Lipinski definition) is 1. The first-order chi connectivity index (χ1) is 9.61. The van der Waals surface area contributed by atoms with Crippen LogP contribution in [0, 0.1) is 19.7 Å². The standard InChI is InChI=1S/C17H20FNO/c1-4-19-11-14-8-9-15(13(3)10-14)20-16-7-5-6-12(2)17(16)18/h5-10,19H,4,11H2,1-3H3. The van der Waals surface area contributed by atoms with E-state index in [-0.39, 0.29) is 11.6 Å². The number of halogens is 1. The normalized spacial score (nSPS) is 10.6. The lowest BCUT2D eigenvalue weighted by Gasteiger charge is -2.12. The SMILES string of the molecule is CCNCc1ccc(Oc2cccc(C)c2F)c(C)c1. The molecule has 0 aliphatic rings. The van der Waals surface area contributed by atoms with Gasteiger partial charge in [0.25, 0.3) is 0 Å². The second kappa shape index (κ2) is 6.53. The zero-order valence-electron chi connectivity index (χ0n) is 12.2. The minimum absolute atomic E-state index is 0.271. The number of hydrogen-bond acceptors (Lipinski definition) is 2. The van der Waals surface area contributed by atoms with Gasteiger partial charge in [-0.25, -0.2) is 4.39 Å². The van der Waals surface area contributed by atoms with E-state index < -0.39 is 0 Å². The van der Waals surface area contributed by atoms with E-state index >= 15 is 0 Å². The Morgan fingerprint density at radius 1 is 1.05 bits per heavy atom. The third kappa shape index (κ3) is 3.36. The average Bonchev–Trinajstić information content (AvgIpc) is 2.44. The number of aryl methyl sites for hydroxylation is 2. The van der Waals surface area contributed by atoms with Gasteiger partial charge in [0.2, 0.25) is 0 Å². The zero-order valence-corrected chi connectivity index (χ0v) is 12.2. The van der Waals surface area contributed by atoms with E-state index in [4.69, 9.17) is 4.74 Å². The Kier molecular flexibility index (Phi) is 4.74. The first kappa shape index (κ1) is 14.5. The van der Waals surface area contributed by atoms with E-state index in [1.54, 1.807) is 25.1 Å². The molecule has 0 aliphatic carbocycles.